The summed E-state index contributed by atoms with van der Waals surface area (Å²) < 4.78 is 5.40. The van der Waals surface area contributed by atoms with E-state index >= 15 is 0 Å². The van der Waals surface area contributed by atoms with Crippen LogP contribution in [0.2, 0.25) is 0 Å². The maximum atomic E-state index is 12.4. The predicted molar refractivity (Wildman–Crippen MR) is 87.9 cm³/mol. The predicted octanol–water partition coefficient (Wildman–Crippen LogP) is 1.85. The van der Waals surface area contributed by atoms with Gasteiger partial charge in [-0.3, -0.25) is 9.78 Å². The summed E-state index contributed by atoms with van der Waals surface area (Å²) >= 11 is 0. The minimum atomic E-state index is -0.126. The molecule has 1 aromatic rings. The largest absolute Gasteiger partial charge is 0.383 e. The molecule has 0 spiro atoms. The quantitative estimate of drug-likeness (QED) is 0.836. The zero-order chi connectivity index (χ0) is 16.7. The van der Waals surface area contributed by atoms with Crippen LogP contribution in [0, 0.1) is 30.1 Å². The fourth-order valence-electron chi connectivity index (χ4n) is 2.91. The van der Waals surface area contributed by atoms with E-state index in [9.17, 15) is 10.1 Å². The Labute approximate surface area is 137 Å². The van der Waals surface area contributed by atoms with E-state index < -0.39 is 0 Å². The molecule has 2 heterocycles. The highest BCUT2D eigenvalue weighted by Gasteiger charge is 2.29. The molecule has 23 heavy (non-hydrogen) atoms. The first kappa shape index (κ1) is 17.2. The molecule has 1 saturated heterocycles. The number of hydrogen-bond acceptors (Lipinski definition) is 5. The van der Waals surface area contributed by atoms with Crippen molar-refractivity contribution in [1.82, 2.24) is 10.3 Å². The molecule has 2 rings (SSSR count). The second-order valence-corrected chi connectivity index (χ2v) is 5.81. The number of amides is 1. The van der Waals surface area contributed by atoms with Crippen molar-refractivity contribution in [3.63, 3.8) is 0 Å². The van der Waals surface area contributed by atoms with E-state index in [1.54, 1.807) is 6.20 Å². The summed E-state index contributed by atoms with van der Waals surface area (Å²) in [6.45, 7) is 6.35. The van der Waals surface area contributed by atoms with Crippen molar-refractivity contribution in [2.75, 3.05) is 31.6 Å². The van der Waals surface area contributed by atoms with Crippen molar-refractivity contribution in [1.29, 1.82) is 5.26 Å². The fraction of sp³-hybridized carbons (Fsp3) is 0.588. The number of nitriles is 1. The molecule has 0 aliphatic carbocycles. The monoisotopic (exact) mass is 316 g/mol. The van der Waals surface area contributed by atoms with Gasteiger partial charge in [-0.15, -0.1) is 0 Å². The Balaban J connectivity index is 2.10. The van der Waals surface area contributed by atoms with Crippen LogP contribution >= 0.6 is 0 Å². The van der Waals surface area contributed by atoms with Crippen LogP contribution in [0.4, 0.5) is 5.69 Å². The number of aryl methyl sites for hydroxylation is 1. The van der Waals surface area contributed by atoms with Crippen LogP contribution in [0.3, 0.4) is 0 Å². The number of carbonyl (C=O) groups is 1. The average molecular weight is 316 g/mol. The van der Waals surface area contributed by atoms with Gasteiger partial charge in [-0.05, 0) is 38.7 Å². The Morgan fingerprint density at radius 2 is 2.26 bits per heavy atom. The molecule has 0 radical (unpaired) electrons. The highest BCUT2D eigenvalue weighted by Crippen LogP contribution is 2.25. The molecular formula is C17H24N4O2. The Bertz CT molecular complexity index is 576. The van der Waals surface area contributed by atoms with Crippen molar-refractivity contribution in [2.45, 2.75) is 26.7 Å². The average Bonchev–Trinajstić information content (AvgIpc) is 2.56. The lowest BCUT2D eigenvalue weighted by atomic mass is 9.85. The highest BCUT2D eigenvalue weighted by atomic mass is 16.5. The van der Waals surface area contributed by atoms with Crippen LogP contribution in [0.5, 0.6) is 0 Å². The molecule has 1 unspecified atom stereocenters. The van der Waals surface area contributed by atoms with Gasteiger partial charge in [0.25, 0.3) is 0 Å². The van der Waals surface area contributed by atoms with Gasteiger partial charge in [0.2, 0.25) is 5.91 Å². The minimum Gasteiger partial charge on any atom is -0.383 e. The third-order valence-corrected chi connectivity index (χ3v) is 4.20. The van der Waals surface area contributed by atoms with Gasteiger partial charge in [0.15, 0.2) is 0 Å². The van der Waals surface area contributed by atoms with Crippen molar-refractivity contribution >= 4 is 11.6 Å². The van der Waals surface area contributed by atoms with E-state index in [2.05, 4.69) is 21.7 Å². The van der Waals surface area contributed by atoms with Crippen molar-refractivity contribution in [2.24, 2.45) is 11.8 Å². The highest BCUT2D eigenvalue weighted by molar-refractivity contribution is 5.79. The third-order valence-electron chi connectivity index (χ3n) is 4.20. The van der Waals surface area contributed by atoms with Gasteiger partial charge < -0.3 is 15.4 Å². The molecule has 124 valence electrons. The molecule has 0 saturated carbocycles. The Hall–Kier alpha value is -2.13. The molecule has 6 heteroatoms. The number of rotatable bonds is 6. The molecule has 1 fully saturated rings. The molecular weight excluding hydrogens is 292 g/mol. The van der Waals surface area contributed by atoms with Crippen LogP contribution in [0.25, 0.3) is 0 Å². The van der Waals surface area contributed by atoms with E-state index in [0.29, 0.717) is 37.8 Å². The van der Waals surface area contributed by atoms with Gasteiger partial charge in [0.1, 0.15) is 6.07 Å². The molecule has 1 atom stereocenters. The SMILES string of the molecule is CCNC(=O)C(CNc1cc(C)ncc1C#N)C1CCOCC1. The molecule has 6 nitrogen and oxygen atoms in total. The van der Waals surface area contributed by atoms with Crippen molar-refractivity contribution in [3.05, 3.63) is 23.5 Å². The zero-order valence-electron chi connectivity index (χ0n) is 13.8. The maximum Gasteiger partial charge on any atom is 0.225 e. The Morgan fingerprint density at radius 3 is 2.91 bits per heavy atom. The lowest BCUT2D eigenvalue weighted by molar-refractivity contribution is -0.127. The summed E-state index contributed by atoms with van der Waals surface area (Å²) in [6, 6.07) is 3.98. The Morgan fingerprint density at radius 1 is 1.52 bits per heavy atom. The van der Waals surface area contributed by atoms with Gasteiger partial charge in [0, 0.05) is 38.2 Å². The third kappa shape index (κ3) is 4.67. The van der Waals surface area contributed by atoms with E-state index in [4.69, 9.17) is 4.74 Å². The molecule has 0 aromatic carbocycles. The normalized spacial score (nSPS) is 16.4. The van der Waals surface area contributed by atoms with Crippen molar-refractivity contribution in [3.8, 4) is 6.07 Å². The number of ether oxygens (including phenoxy) is 1. The second-order valence-electron chi connectivity index (χ2n) is 5.81. The maximum absolute atomic E-state index is 12.4. The lowest BCUT2D eigenvalue weighted by Gasteiger charge is -2.30. The fourth-order valence-corrected chi connectivity index (χ4v) is 2.91. The van der Waals surface area contributed by atoms with Gasteiger partial charge in [0.05, 0.1) is 17.2 Å². The first-order valence-corrected chi connectivity index (χ1v) is 8.11. The molecule has 1 amide bonds. The van der Waals surface area contributed by atoms with Crippen LogP contribution in [-0.4, -0.2) is 37.2 Å². The van der Waals surface area contributed by atoms with Gasteiger partial charge in [-0.2, -0.15) is 5.26 Å². The summed E-state index contributed by atoms with van der Waals surface area (Å²) in [4.78, 5) is 16.5. The Kier molecular flexibility index (Phi) is 6.36. The summed E-state index contributed by atoms with van der Waals surface area (Å²) in [6.07, 6.45) is 3.35. The van der Waals surface area contributed by atoms with E-state index in [1.165, 1.54) is 0 Å². The minimum absolute atomic E-state index is 0.0659. The van der Waals surface area contributed by atoms with Crippen molar-refractivity contribution < 1.29 is 9.53 Å². The summed E-state index contributed by atoms with van der Waals surface area (Å²) in [5.41, 5.74) is 2.07. The number of hydrogen-bond donors (Lipinski definition) is 2. The smallest absolute Gasteiger partial charge is 0.225 e. The van der Waals surface area contributed by atoms with Gasteiger partial charge in [-0.1, -0.05) is 0 Å². The number of aromatic nitrogens is 1. The van der Waals surface area contributed by atoms with Gasteiger partial charge in [-0.25, -0.2) is 0 Å². The lowest BCUT2D eigenvalue weighted by Crippen LogP contribution is -2.40. The standard InChI is InChI=1S/C17H24N4O2/c1-3-19-17(22)15(13-4-6-23-7-5-13)11-21-16-8-12(2)20-10-14(16)9-18/h8,10,13,15H,3-7,11H2,1-2H3,(H,19,22)(H,20,21). The van der Waals surface area contributed by atoms with Crippen LogP contribution in [-0.2, 0) is 9.53 Å². The zero-order valence-corrected chi connectivity index (χ0v) is 13.8. The molecule has 0 bridgehead atoms. The number of carbonyl (C=O) groups excluding carboxylic acids is 1. The molecule has 1 aliphatic heterocycles. The summed E-state index contributed by atoms with van der Waals surface area (Å²) in [7, 11) is 0. The van der Waals surface area contributed by atoms with Crippen LogP contribution in [0.1, 0.15) is 31.0 Å². The first-order chi connectivity index (χ1) is 11.2. The summed E-state index contributed by atoms with van der Waals surface area (Å²) in [5, 5.41) is 15.4. The first-order valence-electron chi connectivity index (χ1n) is 8.11. The van der Waals surface area contributed by atoms with E-state index in [1.807, 2.05) is 19.9 Å². The number of nitrogens with zero attached hydrogens (tertiary/aromatic N) is 2. The number of nitrogens with one attached hydrogen (secondary N) is 2. The summed E-state index contributed by atoms with van der Waals surface area (Å²) in [5.74, 6) is 0.242. The van der Waals surface area contributed by atoms with E-state index in [0.717, 1.165) is 24.2 Å². The van der Waals surface area contributed by atoms with Gasteiger partial charge >= 0.3 is 0 Å². The molecule has 1 aliphatic rings. The molecule has 2 N–H and O–H groups in total. The van der Waals surface area contributed by atoms with Crippen LogP contribution in [0.15, 0.2) is 12.3 Å². The number of pyridine rings is 1. The molecule has 1 aromatic heterocycles. The van der Waals surface area contributed by atoms with Crippen LogP contribution < -0.4 is 10.6 Å². The second kappa shape index (κ2) is 8.49. The topological polar surface area (TPSA) is 87.0 Å². The van der Waals surface area contributed by atoms with E-state index in [-0.39, 0.29) is 11.8 Å². The number of anilines is 1.